The maximum Gasteiger partial charge on any atom is 0.412 e. The van der Waals surface area contributed by atoms with Crippen LogP contribution in [0.4, 0.5) is 10.6 Å². The smallest absolute Gasteiger partial charge is 0.412 e. The zero-order valence-electron chi connectivity index (χ0n) is 19.6. The molecule has 0 saturated carbocycles. The third kappa shape index (κ3) is 5.32. The first-order chi connectivity index (χ1) is 16.8. The average Bonchev–Trinajstić information content (AvgIpc) is 3.16. The van der Waals surface area contributed by atoms with E-state index >= 15 is 0 Å². The van der Waals surface area contributed by atoms with Crippen LogP contribution >= 0.6 is 0 Å². The van der Waals surface area contributed by atoms with E-state index in [1.807, 2.05) is 36.4 Å². The lowest BCUT2D eigenvalue weighted by Crippen LogP contribution is -2.32. The Morgan fingerprint density at radius 1 is 0.943 bits per heavy atom. The summed E-state index contributed by atoms with van der Waals surface area (Å²) in [5.41, 5.74) is 3.67. The first-order valence-electron chi connectivity index (χ1n) is 11.4. The fourth-order valence-corrected chi connectivity index (χ4v) is 4.06. The van der Waals surface area contributed by atoms with E-state index < -0.39 is 23.4 Å². The Bertz CT molecular complexity index is 1230. The summed E-state index contributed by atoms with van der Waals surface area (Å²) < 4.78 is 5.52. The molecule has 3 N–H and O–H groups in total. The largest absolute Gasteiger partial charge is 0.481 e. The molecule has 0 fully saturated rings. The van der Waals surface area contributed by atoms with Gasteiger partial charge < -0.3 is 15.2 Å². The number of amides is 2. The minimum atomic E-state index is -0.950. The van der Waals surface area contributed by atoms with Gasteiger partial charge in [0.25, 0.3) is 5.91 Å². The summed E-state index contributed by atoms with van der Waals surface area (Å²) in [6, 6.07) is 20.8. The topological polar surface area (TPSA) is 118 Å². The Kier molecular flexibility index (Phi) is 6.82. The van der Waals surface area contributed by atoms with Gasteiger partial charge in [-0.15, -0.1) is 0 Å². The van der Waals surface area contributed by atoms with Gasteiger partial charge in [-0.3, -0.25) is 14.9 Å². The van der Waals surface area contributed by atoms with Gasteiger partial charge in [0.15, 0.2) is 0 Å². The molecular formula is C27H27N3O5. The third-order valence-corrected chi connectivity index (χ3v) is 6.17. The summed E-state index contributed by atoms with van der Waals surface area (Å²) in [6.07, 6.45) is -0.397. The van der Waals surface area contributed by atoms with Crippen molar-refractivity contribution in [2.75, 3.05) is 18.5 Å². The number of hydrogen-bond donors (Lipinski definition) is 3. The first-order valence-corrected chi connectivity index (χ1v) is 11.4. The highest BCUT2D eigenvalue weighted by Crippen LogP contribution is 2.44. The number of ether oxygens (including phenoxy) is 1. The molecule has 1 aromatic heterocycles. The van der Waals surface area contributed by atoms with Crippen LogP contribution in [-0.2, 0) is 9.53 Å². The molecule has 0 spiro atoms. The molecule has 0 saturated heterocycles. The van der Waals surface area contributed by atoms with Gasteiger partial charge in [-0.2, -0.15) is 0 Å². The Balaban J connectivity index is 1.34. The predicted molar refractivity (Wildman–Crippen MR) is 131 cm³/mol. The number of fused-ring (bicyclic) bond motifs is 3. The number of carbonyl (C=O) groups excluding carboxylic acids is 2. The van der Waals surface area contributed by atoms with Crippen molar-refractivity contribution in [3.8, 4) is 11.1 Å². The van der Waals surface area contributed by atoms with Gasteiger partial charge in [0, 0.05) is 12.5 Å². The van der Waals surface area contributed by atoms with Crippen molar-refractivity contribution in [3.05, 3.63) is 83.6 Å². The number of anilines is 1. The zero-order valence-corrected chi connectivity index (χ0v) is 19.6. The van der Waals surface area contributed by atoms with E-state index in [0.717, 1.165) is 22.3 Å². The molecular weight excluding hydrogens is 446 g/mol. The number of aromatic nitrogens is 1. The molecule has 35 heavy (non-hydrogen) atoms. The van der Waals surface area contributed by atoms with Gasteiger partial charge in [-0.1, -0.05) is 54.6 Å². The summed E-state index contributed by atoms with van der Waals surface area (Å²) in [4.78, 5) is 40.3. The molecule has 0 atom stereocenters. The number of nitrogens with one attached hydrogen (secondary N) is 2. The van der Waals surface area contributed by atoms with Crippen LogP contribution in [-0.4, -0.2) is 41.2 Å². The first kappa shape index (κ1) is 23.9. The van der Waals surface area contributed by atoms with Crippen LogP contribution in [0.1, 0.15) is 47.8 Å². The Labute approximate surface area is 203 Å². The second-order valence-corrected chi connectivity index (χ2v) is 9.05. The second-order valence-electron chi connectivity index (χ2n) is 9.05. The summed E-state index contributed by atoms with van der Waals surface area (Å²) in [5.74, 6) is -1.27. The number of hydrogen-bond acceptors (Lipinski definition) is 5. The lowest BCUT2D eigenvalue weighted by atomic mass is 9.90. The minimum Gasteiger partial charge on any atom is -0.481 e. The van der Waals surface area contributed by atoms with Crippen molar-refractivity contribution in [1.29, 1.82) is 0 Å². The monoisotopic (exact) mass is 473 g/mol. The van der Waals surface area contributed by atoms with Crippen LogP contribution in [0, 0.1) is 5.41 Å². The number of benzene rings is 2. The van der Waals surface area contributed by atoms with E-state index in [4.69, 9.17) is 4.74 Å². The maximum absolute atomic E-state index is 12.5. The molecule has 2 amide bonds. The standard InChI is InChI=1S/C27H27N3O5/c1-27(2,25(32)33)14-15-28-24(31)22-12-7-13-23(29-22)30-26(34)35-16-21-19-10-5-3-8-17(19)18-9-4-6-11-20(18)21/h3-13,21H,14-16H2,1-2H3,(H,28,31)(H,32,33)(H,29,30,34). The summed E-state index contributed by atoms with van der Waals surface area (Å²) >= 11 is 0. The van der Waals surface area contributed by atoms with Crippen molar-refractivity contribution >= 4 is 23.8 Å². The molecule has 2 aromatic carbocycles. The van der Waals surface area contributed by atoms with Crippen molar-refractivity contribution < 1.29 is 24.2 Å². The highest BCUT2D eigenvalue weighted by atomic mass is 16.5. The number of nitrogens with zero attached hydrogens (tertiary/aromatic N) is 1. The van der Waals surface area contributed by atoms with E-state index in [1.165, 1.54) is 6.07 Å². The molecule has 1 heterocycles. The molecule has 8 nitrogen and oxygen atoms in total. The molecule has 3 aromatic rings. The summed E-state index contributed by atoms with van der Waals surface area (Å²) in [6.45, 7) is 3.54. The number of rotatable bonds is 8. The Morgan fingerprint density at radius 3 is 2.20 bits per heavy atom. The van der Waals surface area contributed by atoms with Crippen molar-refractivity contribution in [2.45, 2.75) is 26.2 Å². The highest BCUT2D eigenvalue weighted by Gasteiger charge is 2.29. The van der Waals surface area contributed by atoms with E-state index in [1.54, 1.807) is 26.0 Å². The van der Waals surface area contributed by atoms with Crippen LogP contribution in [0.2, 0.25) is 0 Å². The van der Waals surface area contributed by atoms with Crippen LogP contribution in [0.5, 0.6) is 0 Å². The molecule has 0 bridgehead atoms. The minimum absolute atomic E-state index is 0.0618. The van der Waals surface area contributed by atoms with Gasteiger partial charge in [0.2, 0.25) is 0 Å². The van der Waals surface area contributed by atoms with Crippen molar-refractivity contribution in [3.63, 3.8) is 0 Å². The highest BCUT2D eigenvalue weighted by molar-refractivity contribution is 5.93. The fourth-order valence-electron chi connectivity index (χ4n) is 4.06. The molecule has 0 unspecified atom stereocenters. The number of carboxylic acid groups (broad SMARTS) is 1. The van der Waals surface area contributed by atoms with Gasteiger partial charge in [-0.05, 0) is 54.7 Å². The number of carbonyl (C=O) groups is 3. The molecule has 0 radical (unpaired) electrons. The van der Waals surface area contributed by atoms with E-state index in [9.17, 15) is 19.5 Å². The van der Waals surface area contributed by atoms with E-state index in [0.29, 0.717) is 0 Å². The summed E-state index contributed by atoms with van der Waals surface area (Å²) in [5, 5.41) is 14.4. The molecule has 1 aliphatic rings. The quantitative estimate of drug-likeness (QED) is 0.438. The Morgan fingerprint density at radius 2 is 1.57 bits per heavy atom. The fraction of sp³-hybridized carbons (Fsp3) is 0.259. The van der Waals surface area contributed by atoms with Crippen LogP contribution in [0.15, 0.2) is 66.7 Å². The van der Waals surface area contributed by atoms with Crippen molar-refractivity contribution in [2.24, 2.45) is 5.41 Å². The predicted octanol–water partition coefficient (Wildman–Crippen LogP) is 4.67. The molecule has 0 aliphatic heterocycles. The molecule has 8 heteroatoms. The lowest BCUT2D eigenvalue weighted by Gasteiger charge is -2.18. The summed E-state index contributed by atoms with van der Waals surface area (Å²) in [7, 11) is 0. The normalized spacial score (nSPS) is 12.4. The van der Waals surface area contributed by atoms with Crippen molar-refractivity contribution in [1.82, 2.24) is 10.3 Å². The van der Waals surface area contributed by atoms with Crippen LogP contribution < -0.4 is 10.6 Å². The van der Waals surface area contributed by atoms with E-state index in [2.05, 4.69) is 27.8 Å². The Hall–Kier alpha value is -4.20. The van der Waals surface area contributed by atoms with Gasteiger partial charge in [-0.25, -0.2) is 9.78 Å². The van der Waals surface area contributed by atoms with E-state index in [-0.39, 0.29) is 37.0 Å². The number of carboxylic acids is 1. The van der Waals surface area contributed by atoms with Gasteiger partial charge >= 0.3 is 12.1 Å². The average molecular weight is 474 g/mol. The van der Waals surface area contributed by atoms with Crippen LogP contribution in [0.25, 0.3) is 11.1 Å². The zero-order chi connectivity index (χ0) is 25.0. The molecule has 1 aliphatic carbocycles. The number of pyridine rings is 1. The lowest BCUT2D eigenvalue weighted by molar-refractivity contribution is -0.147. The second kappa shape index (κ2) is 9.97. The molecule has 180 valence electrons. The van der Waals surface area contributed by atoms with Gasteiger partial charge in [0.1, 0.15) is 18.1 Å². The number of aliphatic carboxylic acids is 1. The molecule has 4 rings (SSSR count). The van der Waals surface area contributed by atoms with Crippen LogP contribution in [0.3, 0.4) is 0 Å². The third-order valence-electron chi connectivity index (χ3n) is 6.17. The maximum atomic E-state index is 12.5. The van der Waals surface area contributed by atoms with Gasteiger partial charge in [0.05, 0.1) is 5.41 Å². The SMILES string of the molecule is CC(C)(CCNC(=O)c1cccc(NC(=O)OCC2c3ccccc3-c3ccccc32)n1)C(=O)O.